The second-order valence-electron chi connectivity index (χ2n) is 4.43. The first kappa shape index (κ1) is 15.3. The second-order valence-corrected chi connectivity index (χ2v) is 5.28. The molecule has 0 amide bonds. The maximum absolute atomic E-state index is 11.0. The van der Waals surface area contributed by atoms with E-state index in [0.717, 1.165) is 15.6 Å². The van der Waals surface area contributed by atoms with Crippen molar-refractivity contribution in [2.75, 3.05) is 7.11 Å². The van der Waals surface area contributed by atoms with Crippen LogP contribution in [0.2, 0.25) is 0 Å². The number of hydrogen-bond acceptors (Lipinski definition) is 4. The van der Waals surface area contributed by atoms with Gasteiger partial charge in [0, 0.05) is 16.1 Å². The molecule has 0 aliphatic rings. The fraction of sp³-hybridized carbons (Fsp3) is 0.200. The highest BCUT2D eigenvalue weighted by Crippen LogP contribution is 2.32. The summed E-state index contributed by atoms with van der Waals surface area (Å²) < 4.78 is 11.7. The molecule has 2 rings (SSSR count). The second kappa shape index (κ2) is 6.58. The number of para-hydroxylation sites is 1. The number of benzene rings is 2. The SMILES string of the molecule is COc1ccc(Br)c(COc2c(C)cccc2[N+](=O)[O-])c1. The number of halogens is 1. The minimum Gasteiger partial charge on any atom is -0.497 e. The van der Waals surface area contributed by atoms with Crippen LogP contribution in [-0.4, -0.2) is 12.0 Å². The average molecular weight is 352 g/mol. The van der Waals surface area contributed by atoms with Gasteiger partial charge in [-0.05, 0) is 30.7 Å². The largest absolute Gasteiger partial charge is 0.497 e. The van der Waals surface area contributed by atoms with Gasteiger partial charge in [0.15, 0.2) is 5.75 Å². The van der Waals surface area contributed by atoms with Crippen LogP contribution in [0.25, 0.3) is 0 Å². The highest BCUT2D eigenvalue weighted by atomic mass is 79.9. The van der Waals surface area contributed by atoms with Gasteiger partial charge in [-0.25, -0.2) is 0 Å². The van der Waals surface area contributed by atoms with E-state index in [1.54, 1.807) is 26.2 Å². The third-order valence-corrected chi connectivity index (χ3v) is 3.79. The highest BCUT2D eigenvalue weighted by molar-refractivity contribution is 9.10. The minimum absolute atomic E-state index is 0.0333. The smallest absolute Gasteiger partial charge is 0.311 e. The lowest BCUT2D eigenvalue weighted by atomic mass is 10.2. The number of nitrogens with zero attached hydrogens (tertiary/aromatic N) is 1. The third kappa shape index (κ3) is 3.52. The van der Waals surface area contributed by atoms with Crippen molar-refractivity contribution in [3.8, 4) is 11.5 Å². The number of nitro groups is 1. The fourth-order valence-corrected chi connectivity index (χ4v) is 2.27. The lowest BCUT2D eigenvalue weighted by molar-refractivity contribution is -0.386. The van der Waals surface area contributed by atoms with E-state index in [9.17, 15) is 10.1 Å². The zero-order chi connectivity index (χ0) is 15.4. The molecule has 0 aliphatic carbocycles. The molecule has 2 aromatic rings. The van der Waals surface area contributed by atoms with Gasteiger partial charge < -0.3 is 9.47 Å². The molecule has 0 fully saturated rings. The van der Waals surface area contributed by atoms with Gasteiger partial charge in [-0.15, -0.1) is 0 Å². The Kier molecular flexibility index (Phi) is 4.80. The lowest BCUT2D eigenvalue weighted by Gasteiger charge is -2.11. The summed E-state index contributed by atoms with van der Waals surface area (Å²) in [7, 11) is 1.58. The molecule has 0 saturated heterocycles. The Morgan fingerprint density at radius 1 is 1.29 bits per heavy atom. The van der Waals surface area contributed by atoms with Crippen molar-refractivity contribution in [2.24, 2.45) is 0 Å². The zero-order valence-electron chi connectivity index (χ0n) is 11.6. The van der Waals surface area contributed by atoms with Crippen LogP contribution in [0.15, 0.2) is 40.9 Å². The predicted molar refractivity (Wildman–Crippen MR) is 82.9 cm³/mol. The van der Waals surface area contributed by atoms with E-state index in [0.29, 0.717) is 5.75 Å². The molecule has 0 heterocycles. The van der Waals surface area contributed by atoms with Crippen LogP contribution >= 0.6 is 15.9 Å². The summed E-state index contributed by atoms with van der Waals surface area (Å²) in [5, 5.41) is 11.0. The lowest BCUT2D eigenvalue weighted by Crippen LogP contribution is -2.02. The van der Waals surface area contributed by atoms with Crippen LogP contribution in [-0.2, 0) is 6.61 Å². The molecular weight excluding hydrogens is 338 g/mol. The van der Waals surface area contributed by atoms with Gasteiger partial charge in [0.2, 0.25) is 0 Å². The number of rotatable bonds is 5. The Bertz CT molecular complexity index is 673. The Morgan fingerprint density at radius 2 is 2.05 bits per heavy atom. The molecule has 0 atom stereocenters. The van der Waals surface area contributed by atoms with E-state index in [4.69, 9.17) is 9.47 Å². The highest BCUT2D eigenvalue weighted by Gasteiger charge is 2.17. The number of hydrogen-bond donors (Lipinski definition) is 0. The van der Waals surface area contributed by atoms with Gasteiger partial charge in [0.1, 0.15) is 12.4 Å². The van der Waals surface area contributed by atoms with Crippen LogP contribution in [0.1, 0.15) is 11.1 Å². The summed E-state index contributed by atoms with van der Waals surface area (Å²) >= 11 is 3.43. The predicted octanol–water partition coefficient (Wildman–Crippen LogP) is 4.25. The molecule has 0 bridgehead atoms. The maximum atomic E-state index is 11.0. The quantitative estimate of drug-likeness (QED) is 0.596. The zero-order valence-corrected chi connectivity index (χ0v) is 13.2. The fourth-order valence-electron chi connectivity index (χ4n) is 1.91. The first-order chi connectivity index (χ1) is 10.0. The molecule has 6 heteroatoms. The Hall–Kier alpha value is -2.08. The van der Waals surface area contributed by atoms with Gasteiger partial charge in [0.25, 0.3) is 0 Å². The summed E-state index contributed by atoms with van der Waals surface area (Å²) in [4.78, 5) is 10.6. The van der Waals surface area contributed by atoms with Crippen molar-refractivity contribution >= 4 is 21.6 Å². The monoisotopic (exact) mass is 351 g/mol. The number of nitro benzene ring substituents is 1. The van der Waals surface area contributed by atoms with Crippen molar-refractivity contribution in [2.45, 2.75) is 13.5 Å². The molecule has 0 spiro atoms. The molecule has 110 valence electrons. The Balaban J connectivity index is 2.26. The molecule has 0 saturated carbocycles. The molecule has 0 aliphatic heterocycles. The average Bonchev–Trinajstić information content (AvgIpc) is 2.47. The van der Waals surface area contributed by atoms with Crippen molar-refractivity contribution < 1.29 is 14.4 Å². The van der Waals surface area contributed by atoms with Gasteiger partial charge in [-0.2, -0.15) is 0 Å². The van der Waals surface area contributed by atoms with Crippen LogP contribution in [0.3, 0.4) is 0 Å². The summed E-state index contributed by atoms with van der Waals surface area (Å²) in [6.07, 6.45) is 0. The van der Waals surface area contributed by atoms with E-state index in [2.05, 4.69) is 15.9 Å². The van der Waals surface area contributed by atoms with Crippen molar-refractivity contribution in [1.29, 1.82) is 0 Å². The minimum atomic E-state index is -0.442. The van der Waals surface area contributed by atoms with Crippen LogP contribution < -0.4 is 9.47 Å². The topological polar surface area (TPSA) is 61.6 Å². The number of methoxy groups -OCH3 is 1. The summed E-state index contributed by atoms with van der Waals surface area (Å²) in [5.74, 6) is 0.994. The van der Waals surface area contributed by atoms with Crippen molar-refractivity contribution in [3.05, 3.63) is 62.1 Å². The summed E-state index contributed by atoms with van der Waals surface area (Å²) in [6, 6.07) is 10.4. The summed E-state index contributed by atoms with van der Waals surface area (Å²) in [6.45, 7) is 1.99. The van der Waals surface area contributed by atoms with E-state index in [-0.39, 0.29) is 18.0 Å². The standard InChI is InChI=1S/C15H14BrNO4/c1-10-4-3-5-14(17(18)19)15(10)21-9-11-8-12(20-2)6-7-13(11)16/h3-8H,9H2,1-2H3. The first-order valence-electron chi connectivity index (χ1n) is 6.22. The van der Waals surface area contributed by atoms with Gasteiger partial charge in [0.05, 0.1) is 12.0 Å². The van der Waals surface area contributed by atoms with E-state index >= 15 is 0 Å². The number of aryl methyl sites for hydroxylation is 1. The van der Waals surface area contributed by atoms with Gasteiger partial charge in [-0.1, -0.05) is 28.1 Å². The van der Waals surface area contributed by atoms with E-state index < -0.39 is 4.92 Å². The van der Waals surface area contributed by atoms with Gasteiger partial charge in [-0.3, -0.25) is 10.1 Å². The Labute approximate surface area is 130 Å². The maximum Gasteiger partial charge on any atom is 0.311 e. The van der Waals surface area contributed by atoms with Crippen LogP contribution in [0.4, 0.5) is 5.69 Å². The summed E-state index contributed by atoms with van der Waals surface area (Å²) in [5.41, 5.74) is 1.55. The molecule has 0 N–H and O–H groups in total. The van der Waals surface area contributed by atoms with Gasteiger partial charge >= 0.3 is 5.69 Å². The molecule has 0 radical (unpaired) electrons. The molecular formula is C15H14BrNO4. The Morgan fingerprint density at radius 3 is 2.71 bits per heavy atom. The van der Waals surface area contributed by atoms with Crippen LogP contribution in [0.5, 0.6) is 11.5 Å². The van der Waals surface area contributed by atoms with Crippen molar-refractivity contribution in [3.63, 3.8) is 0 Å². The molecule has 21 heavy (non-hydrogen) atoms. The molecule has 0 aromatic heterocycles. The normalized spacial score (nSPS) is 10.2. The first-order valence-corrected chi connectivity index (χ1v) is 7.01. The van der Waals surface area contributed by atoms with E-state index in [1.807, 2.05) is 18.2 Å². The van der Waals surface area contributed by atoms with Crippen molar-refractivity contribution in [1.82, 2.24) is 0 Å². The third-order valence-electron chi connectivity index (χ3n) is 3.01. The van der Waals surface area contributed by atoms with Crippen LogP contribution in [0, 0.1) is 17.0 Å². The van der Waals surface area contributed by atoms with E-state index in [1.165, 1.54) is 6.07 Å². The molecule has 5 nitrogen and oxygen atoms in total. The molecule has 0 unspecified atom stereocenters. The molecule has 2 aromatic carbocycles. The number of ether oxygens (including phenoxy) is 2.